The number of hydrogen-bond donors (Lipinski definition) is 0. The molecule has 1 aliphatic carbocycles. The molecule has 6 rings (SSSR count). The molecule has 7 nitrogen and oxygen atoms in total. The summed E-state index contributed by atoms with van der Waals surface area (Å²) in [6, 6.07) is 8.72. The van der Waals surface area contributed by atoms with Crippen molar-refractivity contribution in [3.8, 4) is 11.3 Å². The Morgan fingerprint density at radius 1 is 1.06 bits per heavy atom. The first-order valence-corrected chi connectivity index (χ1v) is 10.4. The monoisotopic (exact) mass is 414 g/mol. The van der Waals surface area contributed by atoms with Gasteiger partial charge >= 0.3 is 0 Å². The first-order valence-electron chi connectivity index (χ1n) is 10.4. The van der Waals surface area contributed by atoms with Gasteiger partial charge in [0.15, 0.2) is 11.7 Å². The summed E-state index contributed by atoms with van der Waals surface area (Å²) in [5.41, 5.74) is 3.70. The summed E-state index contributed by atoms with van der Waals surface area (Å²) in [6.45, 7) is 0.564. The molecule has 2 aromatic heterocycles. The normalized spacial score (nSPS) is 18.1. The molecule has 0 spiro atoms. The highest BCUT2D eigenvalue weighted by Gasteiger charge is 2.31. The average molecular weight is 414 g/mol. The molecular weight excluding hydrogens is 395 g/mol. The van der Waals surface area contributed by atoms with Crippen molar-refractivity contribution in [3.05, 3.63) is 71.7 Å². The highest BCUT2D eigenvalue weighted by Crippen LogP contribution is 2.38. The molecule has 8 heteroatoms. The molecule has 1 aromatic carbocycles. The number of hydrogen-bond acceptors (Lipinski definition) is 5. The van der Waals surface area contributed by atoms with E-state index in [0.29, 0.717) is 30.4 Å². The fourth-order valence-electron chi connectivity index (χ4n) is 4.26. The van der Waals surface area contributed by atoms with Gasteiger partial charge in [0.1, 0.15) is 24.4 Å². The lowest BCUT2D eigenvalue weighted by Gasteiger charge is -2.31. The summed E-state index contributed by atoms with van der Waals surface area (Å²) in [5.74, 6) is 1.41. The Hall–Kier alpha value is -3.68. The van der Waals surface area contributed by atoms with Crippen molar-refractivity contribution in [1.29, 1.82) is 0 Å². The lowest BCUT2D eigenvalue weighted by molar-refractivity contribution is -0.126. The summed E-state index contributed by atoms with van der Waals surface area (Å²) >= 11 is 0. The Morgan fingerprint density at radius 3 is 2.77 bits per heavy atom. The molecule has 0 radical (unpaired) electrons. The number of carbonyl (C=O) groups excluding carboxylic acids is 1. The number of fused-ring (bicyclic) bond motifs is 3. The molecule has 0 bridgehead atoms. The number of carbonyl (C=O) groups is 1. The van der Waals surface area contributed by atoms with Crippen LogP contribution in [0.1, 0.15) is 35.7 Å². The van der Waals surface area contributed by atoms with E-state index in [9.17, 15) is 9.18 Å². The van der Waals surface area contributed by atoms with Gasteiger partial charge in [-0.05, 0) is 37.0 Å². The molecule has 1 amide bonds. The van der Waals surface area contributed by atoms with Gasteiger partial charge in [0, 0.05) is 35.9 Å². The van der Waals surface area contributed by atoms with Gasteiger partial charge in [-0.25, -0.2) is 14.1 Å². The van der Waals surface area contributed by atoms with Crippen molar-refractivity contribution in [2.24, 2.45) is 4.99 Å². The van der Waals surface area contributed by atoms with E-state index >= 15 is 0 Å². The topological polar surface area (TPSA) is 76.3 Å². The Labute approximate surface area is 178 Å². The first-order chi connectivity index (χ1) is 15.2. The molecule has 1 saturated carbocycles. The number of aromatic nitrogens is 4. The van der Waals surface area contributed by atoms with Crippen LogP contribution in [0.3, 0.4) is 0 Å². The van der Waals surface area contributed by atoms with E-state index in [0.717, 1.165) is 41.1 Å². The summed E-state index contributed by atoms with van der Waals surface area (Å²) < 4.78 is 16.1. The van der Waals surface area contributed by atoms with Crippen LogP contribution in [0.2, 0.25) is 0 Å². The van der Waals surface area contributed by atoms with Crippen LogP contribution in [0.4, 0.5) is 4.39 Å². The predicted octanol–water partition coefficient (Wildman–Crippen LogP) is 3.04. The first kappa shape index (κ1) is 18.1. The summed E-state index contributed by atoms with van der Waals surface area (Å²) in [5, 5.41) is 4.57. The van der Waals surface area contributed by atoms with Gasteiger partial charge in [0.05, 0.1) is 5.70 Å². The number of allylic oxidation sites excluding steroid dienone is 1. The van der Waals surface area contributed by atoms with Crippen LogP contribution in [-0.4, -0.2) is 49.5 Å². The fraction of sp³-hybridized carbons (Fsp3) is 0.261. The van der Waals surface area contributed by atoms with E-state index in [2.05, 4.69) is 20.1 Å². The van der Waals surface area contributed by atoms with Gasteiger partial charge in [0.25, 0.3) is 0 Å². The fourth-order valence-corrected chi connectivity index (χ4v) is 4.26. The van der Waals surface area contributed by atoms with E-state index in [4.69, 9.17) is 0 Å². The molecule has 4 heterocycles. The Morgan fingerprint density at radius 2 is 1.94 bits per heavy atom. The lowest BCUT2D eigenvalue weighted by Crippen LogP contribution is -2.36. The van der Waals surface area contributed by atoms with Gasteiger partial charge in [-0.2, -0.15) is 0 Å². The molecule has 3 aliphatic rings. The number of benzene rings is 1. The number of aliphatic imine (C=N–C) groups is 1. The second-order valence-electron chi connectivity index (χ2n) is 7.99. The molecule has 0 unspecified atom stereocenters. The van der Waals surface area contributed by atoms with Crippen LogP contribution in [0, 0.1) is 5.82 Å². The van der Waals surface area contributed by atoms with Crippen molar-refractivity contribution in [1.82, 2.24) is 24.6 Å². The summed E-state index contributed by atoms with van der Waals surface area (Å²) in [4.78, 5) is 27.8. The molecule has 0 saturated heterocycles. The van der Waals surface area contributed by atoms with Gasteiger partial charge in [-0.1, -0.05) is 18.2 Å². The van der Waals surface area contributed by atoms with Gasteiger partial charge in [-0.15, -0.1) is 5.10 Å². The molecule has 0 N–H and O–H groups in total. The number of halogens is 1. The quantitative estimate of drug-likeness (QED) is 0.646. The van der Waals surface area contributed by atoms with Crippen molar-refractivity contribution >= 4 is 17.4 Å². The van der Waals surface area contributed by atoms with E-state index < -0.39 is 0 Å². The van der Waals surface area contributed by atoms with E-state index in [-0.39, 0.29) is 18.3 Å². The highest BCUT2D eigenvalue weighted by atomic mass is 19.1. The zero-order valence-electron chi connectivity index (χ0n) is 16.7. The highest BCUT2D eigenvalue weighted by molar-refractivity contribution is 6.06. The van der Waals surface area contributed by atoms with E-state index in [1.54, 1.807) is 28.2 Å². The molecule has 31 heavy (non-hydrogen) atoms. The maximum atomic E-state index is 14.5. The van der Waals surface area contributed by atoms with Crippen molar-refractivity contribution in [2.45, 2.75) is 25.2 Å². The molecule has 1 fully saturated rings. The van der Waals surface area contributed by atoms with Crippen LogP contribution in [0.5, 0.6) is 0 Å². The average Bonchev–Trinajstić information content (AvgIpc) is 3.56. The molecule has 3 aromatic rings. The zero-order valence-corrected chi connectivity index (χ0v) is 16.7. The summed E-state index contributed by atoms with van der Waals surface area (Å²) in [6.07, 6.45) is 7.98. The Bertz CT molecular complexity index is 1270. The number of pyridine rings is 1. The smallest absolute Gasteiger partial charge is 0.248 e. The Kier molecular flexibility index (Phi) is 4.05. The van der Waals surface area contributed by atoms with Gasteiger partial charge in [-0.3, -0.25) is 14.8 Å². The second-order valence-corrected chi connectivity index (χ2v) is 7.99. The standard InChI is InChI=1S/C23H19FN6O/c24-18-5-2-9-25-22(18)17-4-1-3-16-15(17)8-10-29-19(16)11-20(26-12-21(29)31)30-13-27-23(28-30)14-6-7-14/h1-5,9,11,13-14H,6-8,10,12H2. The maximum Gasteiger partial charge on any atom is 0.248 e. The predicted molar refractivity (Wildman–Crippen MR) is 113 cm³/mol. The minimum absolute atomic E-state index is 0.0534. The van der Waals surface area contributed by atoms with Crippen molar-refractivity contribution in [2.75, 3.05) is 13.1 Å². The lowest BCUT2D eigenvalue weighted by atomic mass is 9.90. The van der Waals surface area contributed by atoms with Crippen LogP contribution >= 0.6 is 0 Å². The van der Waals surface area contributed by atoms with Crippen molar-refractivity contribution in [3.63, 3.8) is 0 Å². The Balaban J connectivity index is 1.47. The molecule has 154 valence electrons. The van der Waals surface area contributed by atoms with Crippen LogP contribution in [0.25, 0.3) is 17.0 Å². The minimum atomic E-state index is -0.360. The van der Waals surface area contributed by atoms with Crippen LogP contribution in [-0.2, 0) is 11.2 Å². The third kappa shape index (κ3) is 3.06. The second kappa shape index (κ2) is 6.94. The third-order valence-corrected chi connectivity index (χ3v) is 5.97. The van der Waals surface area contributed by atoms with Crippen molar-refractivity contribution < 1.29 is 9.18 Å². The van der Waals surface area contributed by atoms with Gasteiger partial charge < -0.3 is 4.90 Å². The van der Waals surface area contributed by atoms with E-state index in [1.807, 2.05) is 24.3 Å². The maximum absolute atomic E-state index is 14.5. The molecular formula is C23H19FN6O. The largest absolute Gasteiger partial charge is 0.310 e. The minimum Gasteiger partial charge on any atom is -0.310 e. The SMILES string of the molecule is O=C1CN=C(n2cnc(C3CC3)n2)C=C2c3cccc(-c4ncccc4F)c3CCN12. The molecule has 2 aliphatic heterocycles. The van der Waals surface area contributed by atoms with E-state index in [1.165, 1.54) is 6.07 Å². The zero-order chi connectivity index (χ0) is 20.9. The number of rotatable bonds is 2. The third-order valence-electron chi connectivity index (χ3n) is 5.97. The number of nitrogens with zero attached hydrogens (tertiary/aromatic N) is 6. The molecule has 0 atom stereocenters. The van der Waals surface area contributed by atoms with Crippen LogP contribution < -0.4 is 0 Å². The number of amides is 1. The van der Waals surface area contributed by atoms with Gasteiger partial charge in [0.2, 0.25) is 5.91 Å². The van der Waals surface area contributed by atoms with Crippen LogP contribution in [0.15, 0.2) is 53.9 Å². The summed E-state index contributed by atoms with van der Waals surface area (Å²) in [7, 11) is 0.